The lowest BCUT2D eigenvalue weighted by Crippen LogP contribution is -2.43. The molecule has 0 N–H and O–H groups in total. The van der Waals surface area contributed by atoms with E-state index in [4.69, 9.17) is 14.2 Å². The third-order valence-corrected chi connectivity index (χ3v) is 5.39. The molecule has 0 bridgehead atoms. The minimum absolute atomic E-state index is 0.0724. The van der Waals surface area contributed by atoms with Gasteiger partial charge in [-0.1, -0.05) is 6.07 Å². The van der Waals surface area contributed by atoms with Gasteiger partial charge in [-0.2, -0.15) is 5.10 Å². The predicted molar refractivity (Wildman–Crippen MR) is 96.5 cm³/mol. The zero-order valence-corrected chi connectivity index (χ0v) is 15.2. The molecule has 1 fully saturated rings. The van der Waals surface area contributed by atoms with Crippen LogP contribution < -0.4 is 9.47 Å². The SMILES string of the molecule is O=C(Cc1ccc2c(c1)OCO2)N1Cc2ccnn2C(COCC2CC2)C1. The molecule has 2 aromatic rings. The first-order chi connectivity index (χ1) is 13.3. The first-order valence-corrected chi connectivity index (χ1v) is 9.53. The molecule has 1 atom stereocenters. The first-order valence-electron chi connectivity index (χ1n) is 9.53. The Labute approximate surface area is 157 Å². The minimum atomic E-state index is 0.0724. The van der Waals surface area contributed by atoms with Gasteiger partial charge in [-0.15, -0.1) is 0 Å². The van der Waals surface area contributed by atoms with E-state index in [1.54, 1.807) is 6.20 Å². The molecule has 7 nitrogen and oxygen atoms in total. The summed E-state index contributed by atoms with van der Waals surface area (Å²) in [6.07, 6.45) is 4.70. The summed E-state index contributed by atoms with van der Waals surface area (Å²) in [6, 6.07) is 7.74. The smallest absolute Gasteiger partial charge is 0.231 e. The number of nitrogens with zero attached hydrogens (tertiary/aromatic N) is 3. The molecule has 27 heavy (non-hydrogen) atoms. The largest absolute Gasteiger partial charge is 0.454 e. The Balaban J connectivity index is 1.25. The van der Waals surface area contributed by atoms with Crippen molar-refractivity contribution in [2.45, 2.75) is 31.8 Å². The molecule has 0 saturated heterocycles. The summed E-state index contributed by atoms with van der Waals surface area (Å²) in [5.41, 5.74) is 1.99. The van der Waals surface area contributed by atoms with Gasteiger partial charge < -0.3 is 19.1 Å². The van der Waals surface area contributed by atoms with Gasteiger partial charge in [0.1, 0.15) is 0 Å². The van der Waals surface area contributed by atoms with Crippen molar-refractivity contribution in [1.29, 1.82) is 0 Å². The van der Waals surface area contributed by atoms with Gasteiger partial charge in [0.2, 0.25) is 12.7 Å². The zero-order chi connectivity index (χ0) is 18.2. The fraction of sp³-hybridized carbons (Fsp3) is 0.500. The van der Waals surface area contributed by atoms with Gasteiger partial charge >= 0.3 is 0 Å². The average Bonchev–Trinajstić information content (AvgIpc) is 3.17. The normalized spacial score (nSPS) is 20.6. The van der Waals surface area contributed by atoms with Crippen LogP contribution >= 0.6 is 0 Å². The van der Waals surface area contributed by atoms with E-state index < -0.39 is 0 Å². The van der Waals surface area contributed by atoms with Crippen LogP contribution in [0.2, 0.25) is 0 Å². The summed E-state index contributed by atoms with van der Waals surface area (Å²) in [6.45, 7) is 2.87. The minimum Gasteiger partial charge on any atom is -0.454 e. The number of aromatic nitrogens is 2. The molecule has 1 saturated carbocycles. The molecule has 142 valence electrons. The van der Waals surface area contributed by atoms with E-state index >= 15 is 0 Å². The van der Waals surface area contributed by atoms with Crippen molar-refractivity contribution in [2.24, 2.45) is 5.92 Å². The molecular formula is C20H23N3O4. The molecule has 0 radical (unpaired) electrons. The van der Waals surface area contributed by atoms with Crippen LogP contribution in [-0.2, 0) is 22.5 Å². The highest BCUT2D eigenvalue weighted by Gasteiger charge is 2.30. The molecule has 2 aliphatic heterocycles. The summed E-state index contributed by atoms with van der Waals surface area (Å²) in [5, 5.41) is 4.44. The van der Waals surface area contributed by atoms with Gasteiger partial charge in [0, 0.05) is 19.3 Å². The van der Waals surface area contributed by atoms with Crippen LogP contribution in [0.25, 0.3) is 0 Å². The van der Waals surface area contributed by atoms with Crippen molar-refractivity contribution in [3.05, 3.63) is 41.7 Å². The van der Waals surface area contributed by atoms with Crippen LogP contribution in [0.4, 0.5) is 0 Å². The Morgan fingerprint density at radius 3 is 2.96 bits per heavy atom. The van der Waals surface area contributed by atoms with E-state index in [1.807, 2.05) is 33.8 Å². The van der Waals surface area contributed by atoms with Gasteiger partial charge in [-0.25, -0.2) is 0 Å². The molecule has 1 aromatic heterocycles. The third-order valence-electron chi connectivity index (χ3n) is 5.39. The summed E-state index contributed by atoms with van der Waals surface area (Å²) in [5.74, 6) is 2.28. The highest BCUT2D eigenvalue weighted by atomic mass is 16.7. The van der Waals surface area contributed by atoms with Gasteiger partial charge in [0.25, 0.3) is 0 Å². The van der Waals surface area contributed by atoms with Gasteiger partial charge in [-0.3, -0.25) is 9.48 Å². The van der Waals surface area contributed by atoms with Crippen molar-refractivity contribution < 1.29 is 19.0 Å². The first kappa shape index (κ1) is 16.6. The van der Waals surface area contributed by atoms with Gasteiger partial charge in [-0.05, 0) is 42.5 Å². The van der Waals surface area contributed by atoms with Crippen molar-refractivity contribution >= 4 is 5.91 Å². The number of amides is 1. The number of ether oxygens (including phenoxy) is 3. The summed E-state index contributed by atoms with van der Waals surface area (Å²) in [7, 11) is 0. The fourth-order valence-electron chi connectivity index (χ4n) is 3.69. The van der Waals surface area contributed by atoms with Crippen LogP contribution in [0.15, 0.2) is 30.5 Å². The number of hydrogen-bond donors (Lipinski definition) is 0. The number of rotatable bonds is 6. The number of benzene rings is 1. The molecule has 1 amide bonds. The maximum Gasteiger partial charge on any atom is 0.231 e. The van der Waals surface area contributed by atoms with E-state index in [-0.39, 0.29) is 18.7 Å². The summed E-state index contributed by atoms with van der Waals surface area (Å²) >= 11 is 0. The molecular weight excluding hydrogens is 346 g/mol. The monoisotopic (exact) mass is 369 g/mol. The number of fused-ring (bicyclic) bond motifs is 2. The molecule has 7 heteroatoms. The quantitative estimate of drug-likeness (QED) is 0.781. The molecule has 3 heterocycles. The van der Waals surface area contributed by atoms with Crippen LogP contribution in [0.5, 0.6) is 11.5 Å². The Morgan fingerprint density at radius 2 is 2.07 bits per heavy atom. The second-order valence-electron chi connectivity index (χ2n) is 7.54. The number of carbonyl (C=O) groups is 1. The Kier molecular flexibility index (Phi) is 4.24. The highest BCUT2D eigenvalue weighted by Crippen LogP contribution is 2.33. The molecule has 0 spiro atoms. The Hall–Kier alpha value is -2.54. The highest BCUT2D eigenvalue weighted by molar-refractivity contribution is 5.79. The standard InChI is InChI=1S/C20H23N3O4/c24-20(8-15-3-4-18-19(7-15)27-13-26-18)22-9-16-5-6-21-23(16)17(10-22)12-25-11-14-1-2-14/h3-7,14,17H,1-2,8-13H2. The topological polar surface area (TPSA) is 65.8 Å². The summed E-state index contributed by atoms with van der Waals surface area (Å²) < 4.78 is 18.7. The van der Waals surface area contributed by atoms with Gasteiger partial charge in [0.15, 0.2) is 11.5 Å². The second kappa shape index (κ2) is 6.88. The van der Waals surface area contributed by atoms with Crippen LogP contribution in [0, 0.1) is 5.92 Å². The van der Waals surface area contributed by atoms with Crippen molar-refractivity contribution in [1.82, 2.24) is 14.7 Å². The lowest BCUT2D eigenvalue weighted by molar-refractivity contribution is -0.133. The van der Waals surface area contributed by atoms with E-state index in [1.165, 1.54) is 12.8 Å². The maximum absolute atomic E-state index is 12.9. The summed E-state index contributed by atoms with van der Waals surface area (Å²) in [4.78, 5) is 14.8. The lowest BCUT2D eigenvalue weighted by atomic mass is 10.1. The van der Waals surface area contributed by atoms with E-state index in [0.29, 0.717) is 31.9 Å². The Morgan fingerprint density at radius 1 is 1.19 bits per heavy atom. The van der Waals surface area contributed by atoms with E-state index in [0.717, 1.165) is 29.5 Å². The zero-order valence-electron chi connectivity index (χ0n) is 15.2. The molecule has 1 unspecified atom stereocenters. The van der Waals surface area contributed by atoms with Crippen LogP contribution in [-0.4, -0.2) is 47.1 Å². The van der Waals surface area contributed by atoms with Crippen molar-refractivity contribution in [3.8, 4) is 11.5 Å². The second-order valence-corrected chi connectivity index (χ2v) is 7.54. The molecule has 5 rings (SSSR count). The molecule has 1 aliphatic carbocycles. The Bertz CT molecular complexity index is 846. The van der Waals surface area contributed by atoms with Crippen LogP contribution in [0.1, 0.15) is 30.1 Å². The van der Waals surface area contributed by atoms with E-state index in [2.05, 4.69) is 5.10 Å². The fourth-order valence-corrected chi connectivity index (χ4v) is 3.69. The van der Waals surface area contributed by atoms with Gasteiger partial charge in [0.05, 0.1) is 31.3 Å². The number of hydrogen-bond acceptors (Lipinski definition) is 5. The van der Waals surface area contributed by atoms with Crippen molar-refractivity contribution in [3.63, 3.8) is 0 Å². The van der Waals surface area contributed by atoms with E-state index in [9.17, 15) is 4.79 Å². The lowest BCUT2D eigenvalue weighted by Gasteiger charge is -2.34. The molecule has 1 aromatic carbocycles. The maximum atomic E-state index is 12.9. The van der Waals surface area contributed by atoms with Crippen LogP contribution in [0.3, 0.4) is 0 Å². The third kappa shape index (κ3) is 3.51. The predicted octanol–water partition coefficient (Wildman–Crippen LogP) is 2.16. The van der Waals surface area contributed by atoms with Crippen molar-refractivity contribution in [2.75, 3.05) is 26.6 Å². The average molecular weight is 369 g/mol. The molecule has 3 aliphatic rings. The number of carbonyl (C=O) groups excluding carboxylic acids is 1.